The molecule has 0 N–H and O–H groups in total. The molecule has 0 aromatic rings. The van der Waals surface area contributed by atoms with E-state index in [0.29, 0.717) is 24.2 Å². The lowest BCUT2D eigenvalue weighted by molar-refractivity contribution is -0.140. The van der Waals surface area contributed by atoms with Crippen molar-refractivity contribution in [3.63, 3.8) is 0 Å². The normalized spacial score (nSPS) is 38.0. The van der Waals surface area contributed by atoms with Gasteiger partial charge in [0.15, 0.2) is 0 Å². The van der Waals surface area contributed by atoms with E-state index in [-0.39, 0.29) is 11.6 Å². The van der Waals surface area contributed by atoms with Gasteiger partial charge in [0.2, 0.25) is 0 Å². The number of esters is 1. The summed E-state index contributed by atoms with van der Waals surface area (Å²) < 4.78 is 10.7. The molecule has 2 rings (SSSR count). The largest absolute Gasteiger partial charge is 0.462 e. The molecule has 15 heavy (non-hydrogen) atoms. The second kappa shape index (κ2) is 3.63. The Kier molecular flexibility index (Phi) is 2.59. The van der Waals surface area contributed by atoms with Crippen LogP contribution in [-0.4, -0.2) is 24.3 Å². The van der Waals surface area contributed by atoms with Crippen LogP contribution in [0.3, 0.4) is 0 Å². The summed E-state index contributed by atoms with van der Waals surface area (Å²) in [6.45, 7) is 7.90. The second-order valence-corrected chi connectivity index (χ2v) is 4.94. The number of hydrogen-bond acceptors (Lipinski definition) is 3. The number of carbonyl (C=O) groups is 1. The van der Waals surface area contributed by atoms with Crippen LogP contribution in [0, 0.1) is 5.92 Å². The molecule has 3 unspecified atom stereocenters. The fourth-order valence-electron chi connectivity index (χ4n) is 2.19. The molecule has 1 saturated heterocycles. The van der Waals surface area contributed by atoms with E-state index < -0.39 is 0 Å². The summed E-state index contributed by atoms with van der Waals surface area (Å²) in [5.41, 5.74) is 0.618. The van der Waals surface area contributed by atoms with E-state index in [9.17, 15) is 4.79 Å². The Hall–Kier alpha value is -0.830. The lowest BCUT2D eigenvalue weighted by atomic mass is 9.83. The standard InChI is InChI=1S/C12H18O3/c1-8(2)11(13)14-7-9-4-5-12(3)10(6-9)15-12/h9-10H,1,4-7H2,2-3H3. The van der Waals surface area contributed by atoms with E-state index in [1.165, 1.54) is 0 Å². The Morgan fingerprint density at radius 3 is 3.00 bits per heavy atom. The van der Waals surface area contributed by atoms with Crippen molar-refractivity contribution in [3.05, 3.63) is 12.2 Å². The summed E-state index contributed by atoms with van der Waals surface area (Å²) >= 11 is 0. The van der Waals surface area contributed by atoms with Crippen LogP contribution in [0.15, 0.2) is 12.2 Å². The van der Waals surface area contributed by atoms with Crippen molar-refractivity contribution in [2.45, 2.75) is 44.8 Å². The zero-order valence-corrected chi connectivity index (χ0v) is 9.41. The summed E-state index contributed by atoms with van der Waals surface area (Å²) in [6, 6.07) is 0. The molecular formula is C12H18O3. The Labute approximate surface area is 90.4 Å². The topological polar surface area (TPSA) is 38.8 Å². The minimum atomic E-state index is -0.278. The Morgan fingerprint density at radius 1 is 1.67 bits per heavy atom. The molecule has 0 bridgehead atoms. The van der Waals surface area contributed by atoms with Gasteiger partial charge in [-0.2, -0.15) is 0 Å². The third-order valence-corrected chi connectivity index (χ3v) is 3.43. The van der Waals surface area contributed by atoms with E-state index in [1.54, 1.807) is 6.92 Å². The van der Waals surface area contributed by atoms with Gasteiger partial charge >= 0.3 is 5.97 Å². The first-order valence-electron chi connectivity index (χ1n) is 5.52. The summed E-state index contributed by atoms with van der Waals surface area (Å²) in [6.07, 6.45) is 3.61. The first-order valence-corrected chi connectivity index (χ1v) is 5.52. The van der Waals surface area contributed by atoms with Gasteiger partial charge in [0.1, 0.15) is 0 Å². The predicted octanol–water partition coefficient (Wildman–Crippen LogP) is 2.06. The van der Waals surface area contributed by atoms with Crippen molar-refractivity contribution >= 4 is 5.97 Å². The monoisotopic (exact) mass is 210 g/mol. The number of rotatable bonds is 3. The zero-order valence-electron chi connectivity index (χ0n) is 9.41. The highest BCUT2D eigenvalue weighted by Gasteiger charge is 2.55. The van der Waals surface area contributed by atoms with E-state index in [2.05, 4.69) is 13.5 Å². The van der Waals surface area contributed by atoms with Crippen molar-refractivity contribution in [1.82, 2.24) is 0 Å². The molecule has 2 fully saturated rings. The molecule has 0 radical (unpaired) electrons. The van der Waals surface area contributed by atoms with Crippen LogP contribution in [0.2, 0.25) is 0 Å². The van der Waals surface area contributed by atoms with Crippen LogP contribution in [0.5, 0.6) is 0 Å². The lowest BCUT2D eigenvalue weighted by Gasteiger charge is -2.21. The van der Waals surface area contributed by atoms with Crippen molar-refractivity contribution in [2.75, 3.05) is 6.61 Å². The van der Waals surface area contributed by atoms with Gasteiger partial charge in [-0.15, -0.1) is 0 Å². The summed E-state index contributed by atoms with van der Waals surface area (Å²) in [7, 11) is 0. The number of ether oxygens (including phenoxy) is 2. The Bertz CT molecular complexity index is 297. The molecule has 84 valence electrons. The molecule has 1 saturated carbocycles. The highest BCUT2D eigenvalue weighted by molar-refractivity contribution is 5.86. The van der Waals surface area contributed by atoms with E-state index in [4.69, 9.17) is 9.47 Å². The molecule has 1 aliphatic heterocycles. The fraction of sp³-hybridized carbons (Fsp3) is 0.750. The molecule has 0 amide bonds. The molecule has 3 heteroatoms. The Morgan fingerprint density at radius 2 is 2.40 bits per heavy atom. The number of carbonyl (C=O) groups excluding carboxylic acids is 1. The highest BCUT2D eigenvalue weighted by atomic mass is 16.6. The molecule has 3 atom stereocenters. The van der Waals surface area contributed by atoms with Crippen LogP contribution in [0.25, 0.3) is 0 Å². The number of hydrogen-bond donors (Lipinski definition) is 0. The maximum Gasteiger partial charge on any atom is 0.333 e. The predicted molar refractivity (Wildman–Crippen MR) is 56.4 cm³/mol. The van der Waals surface area contributed by atoms with Gasteiger partial charge in [0.25, 0.3) is 0 Å². The molecular weight excluding hydrogens is 192 g/mol. The third-order valence-electron chi connectivity index (χ3n) is 3.43. The number of epoxide rings is 1. The minimum Gasteiger partial charge on any atom is -0.462 e. The van der Waals surface area contributed by atoms with Gasteiger partial charge in [-0.25, -0.2) is 4.79 Å². The smallest absolute Gasteiger partial charge is 0.333 e. The van der Waals surface area contributed by atoms with Crippen LogP contribution in [0.4, 0.5) is 0 Å². The van der Waals surface area contributed by atoms with Gasteiger partial charge in [0, 0.05) is 5.57 Å². The molecule has 2 aliphatic rings. The van der Waals surface area contributed by atoms with E-state index in [0.717, 1.165) is 19.3 Å². The molecule has 3 nitrogen and oxygen atoms in total. The van der Waals surface area contributed by atoms with Gasteiger partial charge in [-0.1, -0.05) is 6.58 Å². The quantitative estimate of drug-likeness (QED) is 0.406. The van der Waals surface area contributed by atoms with Crippen LogP contribution >= 0.6 is 0 Å². The Balaban J connectivity index is 1.73. The SMILES string of the molecule is C=C(C)C(=O)OCC1CCC2(C)OC2C1. The maximum atomic E-state index is 11.2. The zero-order chi connectivity index (χ0) is 11.1. The third kappa shape index (κ3) is 2.23. The second-order valence-electron chi connectivity index (χ2n) is 4.94. The average Bonchev–Trinajstić information content (AvgIpc) is 2.85. The van der Waals surface area contributed by atoms with Crippen LogP contribution in [-0.2, 0) is 14.3 Å². The van der Waals surface area contributed by atoms with Gasteiger partial charge < -0.3 is 9.47 Å². The molecule has 1 aliphatic carbocycles. The fourth-order valence-corrected chi connectivity index (χ4v) is 2.19. The number of fused-ring (bicyclic) bond motifs is 1. The van der Waals surface area contributed by atoms with Crippen molar-refractivity contribution in [3.8, 4) is 0 Å². The molecule has 1 heterocycles. The van der Waals surface area contributed by atoms with Crippen LogP contribution in [0.1, 0.15) is 33.1 Å². The summed E-state index contributed by atoms with van der Waals surface area (Å²) in [5, 5.41) is 0. The first-order chi connectivity index (χ1) is 7.01. The highest BCUT2D eigenvalue weighted by Crippen LogP contribution is 2.49. The summed E-state index contributed by atoms with van der Waals surface area (Å²) in [4.78, 5) is 11.2. The molecule has 0 aromatic heterocycles. The summed E-state index contributed by atoms with van der Waals surface area (Å²) in [5.74, 6) is 0.189. The van der Waals surface area contributed by atoms with Gasteiger partial charge in [0.05, 0.1) is 18.3 Å². The first kappa shape index (κ1) is 10.7. The maximum absolute atomic E-state index is 11.2. The van der Waals surface area contributed by atoms with E-state index in [1.807, 2.05) is 0 Å². The van der Waals surface area contributed by atoms with Gasteiger partial charge in [-0.05, 0) is 39.0 Å². The minimum absolute atomic E-state index is 0.148. The van der Waals surface area contributed by atoms with Gasteiger partial charge in [-0.3, -0.25) is 0 Å². The molecule has 0 aromatic carbocycles. The lowest BCUT2D eigenvalue weighted by Crippen LogP contribution is -2.25. The van der Waals surface area contributed by atoms with Crippen molar-refractivity contribution < 1.29 is 14.3 Å². The van der Waals surface area contributed by atoms with Crippen molar-refractivity contribution in [1.29, 1.82) is 0 Å². The average molecular weight is 210 g/mol. The van der Waals surface area contributed by atoms with Crippen LogP contribution < -0.4 is 0 Å². The molecule has 0 spiro atoms. The van der Waals surface area contributed by atoms with Crippen molar-refractivity contribution in [2.24, 2.45) is 5.92 Å². The van der Waals surface area contributed by atoms with E-state index >= 15 is 0 Å².